The van der Waals surface area contributed by atoms with E-state index in [-0.39, 0.29) is 37.1 Å². The maximum Gasteiger partial charge on any atom is 0.312 e. The number of primary amides is 1. The van der Waals surface area contributed by atoms with Crippen LogP contribution in [0, 0.1) is 0 Å². The Morgan fingerprint density at radius 2 is 1.83 bits per heavy atom. The molecule has 2 atom stereocenters. The zero-order valence-electron chi connectivity index (χ0n) is 13.9. The molecule has 8 nitrogen and oxygen atoms in total. The average Bonchev–Trinajstić information content (AvgIpc) is 2.47. The first kappa shape index (κ1) is 19.2. The molecule has 0 aromatic rings. The molecular weight excluding hydrogens is 302 g/mol. The Bertz CT molecular complexity index is 406. The lowest BCUT2D eigenvalue weighted by atomic mass is 10.2. The number of nitrogens with two attached hydrogens (primary N) is 1. The van der Waals surface area contributed by atoms with Gasteiger partial charge in [0, 0.05) is 26.1 Å². The first-order valence-corrected chi connectivity index (χ1v) is 8.00. The number of urea groups is 1. The molecular formula is C15H27N3O5. The second kappa shape index (κ2) is 10.0. The van der Waals surface area contributed by atoms with E-state index >= 15 is 0 Å². The molecule has 0 bridgehead atoms. The molecule has 1 saturated heterocycles. The van der Waals surface area contributed by atoms with Crippen LogP contribution in [-0.2, 0) is 19.1 Å². The van der Waals surface area contributed by atoms with Crippen molar-refractivity contribution < 1.29 is 23.9 Å². The molecule has 0 saturated carbocycles. The number of carbonyl (C=O) groups excluding carboxylic acids is 3. The van der Waals surface area contributed by atoms with Crippen LogP contribution in [-0.4, -0.2) is 61.3 Å². The molecule has 3 amide bonds. The Kier molecular flexibility index (Phi) is 8.39. The Balaban J connectivity index is 2.10. The van der Waals surface area contributed by atoms with Crippen molar-refractivity contribution in [2.45, 2.75) is 51.7 Å². The van der Waals surface area contributed by atoms with Gasteiger partial charge >= 0.3 is 12.0 Å². The molecule has 8 heteroatoms. The Morgan fingerprint density at radius 3 is 2.43 bits per heavy atom. The van der Waals surface area contributed by atoms with Crippen molar-refractivity contribution in [3.63, 3.8) is 0 Å². The van der Waals surface area contributed by atoms with Gasteiger partial charge in [0.05, 0.1) is 12.2 Å². The smallest absolute Gasteiger partial charge is 0.312 e. The van der Waals surface area contributed by atoms with Crippen LogP contribution in [0.25, 0.3) is 0 Å². The van der Waals surface area contributed by atoms with Gasteiger partial charge in [0.25, 0.3) is 5.91 Å². The molecule has 1 aliphatic rings. The molecule has 0 aliphatic carbocycles. The van der Waals surface area contributed by atoms with Crippen molar-refractivity contribution in [3.05, 3.63) is 0 Å². The van der Waals surface area contributed by atoms with Crippen LogP contribution in [0.3, 0.4) is 0 Å². The van der Waals surface area contributed by atoms with Crippen LogP contribution in [0.15, 0.2) is 0 Å². The van der Waals surface area contributed by atoms with Gasteiger partial charge in [-0.2, -0.15) is 0 Å². The van der Waals surface area contributed by atoms with Gasteiger partial charge in [-0.25, -0.2) is 4.79 Å². The molecule has 0 aromatic carbocycles. The Morgan fingerprint density at radius 1 is 1.17 bits per heavy atom. The SMILES string of the molecule is C[C@H]1CN(C(=O)COC(=O)CCCCCNC(N)=O)C[C@H](C)O1. The zero-order valence-corrected chi connectivity index (χ0v) is 13.9. The number of amides is 3. The summed E-state index contributed by atoms with van der Waals surface area (Å²) in [6.07, 6.45) is 2.43. The molecule has 1 heterocycles. The fourth-order valence-corrected chi connectivity index (χ4v) is 2.47. The summed E-state index contributed by atoms with van der Waals surface area (Å²) in [6.45, 7) is 5.14. The normalized spacial score (nSPS) is 20.9. The van der Waals surface area contributed by atoms with E-state index in [0.717, 1.165) is 12.8 Å². The summed E-state index contributed by atoms with van der Waals surface area (Å²) in [5, 5.41) is 2.48. The maximum atomic E-state index is 12.0. The van der Waals surface area contributed by atoms with Crippen molar-refractivity contribution in [1.29, 1.82) is 0 Å². The average molecular weight is 329 g/mol. The summed E-state index contributed by atoms with van der Waals surface area (Å²) in [4.78, 5) is 35.7. The molecule has 1 rings (SSSR count). The number of nitrogens with one attached hydrogen (secondary N) is 1. The molecule has 0 radical (unpaired) electrons. The van der Waals surface area contributed by atoms with Crippen LogP contribution >= 0.6 is 0 Å². The third kappa shape index (κ3) is 8.39. The lowest BCUT2D eigenvalue weighted by Crippen LogP contribution is -2.49. The Labute approximate surface area is 136 Å². The number of hydrogen-bond acceptors (Lipinski definition) is 5. The summed E-state index contributed by atoms with van der Waals surface area (Å²) in [7, 11) is 0. The number of unbranched alkanes of at least 4 members (excludes halogenated alkanes) is 2. The lowest BCUT2D eigenvalue weighted by Gasteiger charge is -2.35. The minimum atomic E-state index is -0.547. The van der Waals surface area contributed by atoms with Crippen LogP contribution in [0.5, 0.6) is 0 Å². The molecule has 0 aromatic heterocycles. The van der Waals surface area contributed by atoms with E-state index < -0.39 is 6.03 Å². The highest BCUT2D eigenvalue weighted by Crippen LogP contribution is 2.11. The van der Waals surface area contributed by atoms with Gasteiger partial charge in [0.2, 0.25) is 0 Å². The zero-order chi connectivity index (χ0) is 17.2. The molecule has 0 unspecified atom stereocenters. The maximum absolute atomic E-state index is 12.0. The molecule has 3 N–H and O–H groups in total. The number of ether oxygens (including phenoxy) is 2. The monoisotopic (exact) mass is 329 g/mol. The van der Waals surface area contributed by atoms with Gasteiger partial charge in [-0.3, -0.25) is 9.59 Å². The van der Waals surface area contributed by atoms with E-state index in [1.54, 1.807) is 4.90 Å². The minimum Gasteiger partial charge on any atom is -0.456 e. The quantitative estimate of drug-likeness (QED) is 0.494. The molecule has 1 fully saturated rings. The van der Waals surface area contributed by atoms with Gasteiger partial charge in [-0.05, 0) is 26.7 Å². The molecule has 132 valence electrons. The van der Waals surface area contributed by atoms with Gasteiger partial charge < -0.3 is 25.4 Å². The fourth-order valence-electron chi connectivity index (χ4n) is 2.47. The van der Waals surface area contributed by atoms with Gasteiger partial charge in [0.15, 0.2) is 6.61 Å². The van der Waals surface area contributed by atoms with Gasteiger partial charge in [-0.15, -0.1) is 0 Å². The molecule has 1 aliphatic heterocycles. The van der Waals surface area contributed by atoms with Crippen LogP contribution in [0.2, 0.25) is 0 Å². The van der Waals surface area contributed by atoms with E-state index in [2.05, 4.69) is 5.32 Å². The third-order valence-corrected chi connectivity index (χ3v) is 3.49. The topological polar surface area (TPSA) is 111 Å². The van der Waals surface area contributed by atoms with Crippen LogP contribution < -0.4 is 11.1 Å². The van der Waals surface area contributed by atoms with Crippen molar-refractivity contribution >= 4 is 17.9 Å². The largest absolute Gasteiger partial charge is 0.456 e. The van der Waals surface area contributed by atoms with Crippen molar-refractivity contribution in [1.82, 2.24) is 10.2 Å². The van der Waals surface area contributed by atoms with Crippen LogP contribution in [0.4, 0.5) is 4.79 Å². The standard InChI is InChI=1S/C15H27N3O5/c1-11-8-18(9-12(2)23-11)13(19)10-22-14(20)6-4-3-5-7-17-15(16)21/h11-12H,3-10H2,1-2H3,(H3,16,17,21)/t11-,12-/m0/s1. The van der Waals surface area contributed by atoms with E-state index in [0.29, 0.717) is 26.1 Å². The van der Waals surface area contributed by atoms with E-state index in [1.807, 2.05) is 13.8 Å². The number of esters is 1. The minimum absolute atomic E-state index is 0.00702. The highest BCUT2D eigenvalue weighted by molar-refractivity contribution is 5.80. The predicted molar refractivity (Wildman–Crippen MR) is 83.6 cm³/mol. The molecule has 23 heavy (non-hydrogen) atoms. The first-order chi connectivity index (χ1) is 10.9. The number of carbonyl (C=O) groups is 3. The second-order valence-electron chi connectivity index (χ2n) is 5.82. The van der Waals surface area contributed by atoms with Crippen molar-refractivity contribution in [2.24, 2.45) is 5.73 Å². The number of nitrogens with zero attached hydrogens (tertiary/aromatic N) is 1. The van der Waals surface area contributed by atoms with Gasteiger partial charge in [0.1, 0.15) is 0 Å². The summed E-state index contributed by atoms with van der Waals surface area (Å²) in [5.41, 5.74) is 4.93. The third-order valence-electron chi connectivity index (χ3n) is 3.49. The predicted octanol–water partition coefficient (Wildman–Crippen LogP) is 0.394. The fraction of sp³-hybridized carbons (Fsp3) is 0.800. The summed E-state index contributed by atoms with van der Waals surface area (Å²) in [6, 6.07) is -0.547. The van der Waals surface area contributed by atoms with E-state index in [9.17, 15) is 14.4 Å². The number of rotatable bonds is 8. The van der Waals surface area contributed by atoms with Crippen LogP contribution in [0.1, 0.15) is 39.5 Å². The summed E-state index contributed by atoms with van der Waals surface area (Å²) < 4.78 is 10.6. The van der Waals surface area contributed by atoms with E-state index in [1.165, 1.54) is 0 Å². The number of hydrogen-bond donors (Lipinski definition) is 2. The summed E-state index contributed by atoms with van der Waals surface area (Å²) >= 11 is 0. The lowest BCUT2D eigenvalue weighted by molar-refractivity contribution is -0.157. The van der Waals surface area contributed by atoms with E-state index in [4.69, 9.17) is 15.2 Å². The highest BCUT2D eigenvalue weighted by Gasteiger charge is 2.26. The van der Waals surface area contributed by atoms with Gasteiger partial charge in [-0.1, -0.05) is 6.42 Å². The molecule has 0 spiro atoms. The second-order valence-corrected chi connectivity index (χ2v) is 5.82. The van der Waals surface area contributed by atoms with Crippen molar-refractivity contribution in [2.75, 3.05) is 26.2 Å². The summed E-state index contributed by atoms with van der Waals surface area (Å²) in [5.74, 6) is -0.568. The first-order valence-electron chi connectivity index (χ1n) is 8.00. The Hall–Kier alpha value is -1.83. The highest BCUT2D eigenvalue weighted by atomic mass is 16.5. The van der Waals surface area contributed by atoms with Crippen molar-refractivity contribution in [3.8, 4) is 0 Å². The number of morpholine rings is 1.